The van der Waals surface area contributed by atoms with E-state index >= 15 is 0 Å². The highest BCUT2D eigenvalue weighted by atomic mass is 35.5. The van der Waals surface area contributed by atoms with E-state index in [0.717, 1.165) is 29.6 Å². The number of rotatable bonds is 4. The fourth-order valence-corrected chi connectivity index (χ4v) is 4.31. The quantitative estimate of drug-likeness (QED) is 0.760. The van der Waals surface area contributed by atoms with E-state index in [-0.39, 0.29) is 5.91 Å². The first kappa shape index (κ1) is 18.3. The molecular weight excluding hydrogens is 356 g/mol. The van der Waals surface area contributed by atoms with Gasteiger partial charge in [-0.2, -0.15) is 0 Å². The minimum atomic E-state index is 0.180. The Hall–Kier alpha value is -1.53. The number of hydrogen-bond acceptors (Lipinski definition) is 4. The van der Waals surface area contributed by atoms with Gasteiger partial charge in [-0.1, -0.05) is 37.2 Å². The minimum Gasteiger partial charge on any atom is -0.341 e. The van der Waals surface area contributed by atoms with E-state index in [0.29, 0.717) is 22.6 Å². The molecule has 1 aliphatic heterocycles. The van der Waals surface area contributed by atoms with Crippen LogP contribution in [0.15, 0.2) is 29.4 Å². The zero-order valence-corrected chi connectivity index (χ0v) is 16.3. The molecule has 2 heterocycles. The van der Waals surface area contributed by atoms with Crippen LogP contribution in [0.3, 0.4) is 0 Å². The summed E-state index contributed by atoms with van der Waals surface area (Å²) in [5.74, 6) is 2.49. The van der Waals surface area contributed by atoms with Crippen molar-refractivity contribution in [2.45, 2.75) is 25.4 Å². The Balaban J connectivity index is 1.64. The average molecular weight is 379 g/mol. The number of piperidine rings is 1. The van der Waals surface area contributed by atoms with Gasteiger partial charge >= 0.3 is 0 Å². The predicted molar refractivity (Wildman–Crippen MR) is 102 cm³/mol. The molecule has 0 radical (unpaired) electrons. The lowest BCUT2D eigenvalue weighted by Gasteiger charge is -2.34. The van der Waals surface area contributed by atoms with Crippen LogP contribution in [0.2, 0.25) is 5.02 Å². The molecule has 2 atom stereocenters. The van der Waals surface area contributed by atoms with Crippen molar-refractivity contribution in [3.05, 3.63) is 29.3 Å². The highest BCUT2D eigenvalue weighted by Crippen LogP contribution is 2.25. The monoisotopic (exact) mass is 378 g/mol. The molecule has 3 rings (SSSR count). The molecule has 0 aliphatic carbocycles. The van der Waals surface area contributed by atoms with Gasteiger partial charge in [-0.05, 0) is 42.5 Å². The van der Waals surface area contributed by atoms with Gasteiger partial charge < -0.3 is 9.47 Å². The maximum atomic E-state index is 12.5. The SMILES string of the molecule is C[C@@H]1C[C@@H](C)CN(C(=O)CSc2nnc(-c3ccc(Cl)cc3)n2C)C1. The van der Waals surface area contributed by atoms with Crippen molar-refractivity contribution in [3.63, 3.8) is 0 Å². The number of aromatic nitrogens is 3. The summed E-state index contributed by atoms with van der Waals surface area (Å²) in [6.07, 6.45) is 1.20. The van der Waals surface area contributed by atoms with Gasteiger partial charge in [0.15, 0.2) is 11.0 Å². The van der Waals surface area contributed by atoms with E-state index in [1.807, 2.05) is 40.8 Å². The van der Waals surface area contributed by atoms with Crippen LogP contribution in [0.25, 0.3) is 11.4 Å². The number of thioether (sulfide) groups is 1. The molecule has 0 saturated carbocycles. The molecule has 2 aromatic rings. The summed E-state index contributed by atoms with van der Waals surface area (Å²) >= 11 is 7.38. The highest BCUT2D eigenvalue weighted by Gasteiger charge is 2.25. The fraction of sp³-hybridized carbons (Fsp3) is 0.500. The van der Waals surface area contributed by atoms with Gasteiger partial charge in [0, 0.05) is 30.7 Å². The van der Waals surface area contributed by atoms with E-state index < -0.39 is 0 Å². The molecule has 134 valence electrons. The second-order valence-electron chi connectivity index (χ2n) is 6.91. The summed E-state index contributed by atoms with van der Waals surface area (Å²) in [7, 11) is 1.92. The summed E-state index contributed by atoms with van der Waals surface area (Å²) in [5, 5.41) is 9.93. The molecule has 7 heteroatoms. The number of halogens is 1. The number of hydrogen-bond donors (Lipinski definition) is 0. The largest absolute Gasteiger partial charge is 0.341 e. The van der Waals surface area contributed by atoms with Gasteiger partial charge in [0.2, 0.25) is 5.91 Å². The van der Waals surface area contributed by atoms with E-state index in [1.165, 1.54) is 18.2 Å². The Labute approximate surface area is 157 Å². The second-order valence-corrected chi connectivity index (χ2v) is 8.28. The average Bonchev–Trinajstić information content (AvgIpc) is 2.93. The van der Waals surface area contributed by atoms with Crippen molar-refractivity contribution >= 4 is 29.3 Å². The van der Waals surface area contributed by atoms with Gasteiger partial charge in [-0.3, -0.25) is 4.79 Å². The topological polar surface area (TPSA) is 51.0 Å². The minimum absolute atomic E-state index is 0.180. The number of likely N-dealkylation sites (tertiary alicyclic amines) is 1. The number of amides is 1. The van der Waals surface area contributed by atoms with Crippen LogP contribution in [-0.4, -0.2) is 44.4 Å². The van der Waals surface area contributed by atoms with Gasteiger partial charge in [0.25, 0.3) is 0 Å². The zero-order chi connectivity index (χ0) is 18.0. The van der Waals surface area contributed by atoms with Crippen LogP contribution in [0, 0.1) is 11.8 Å². The number of nitrogens with zero attached hydrogens (tertiary/aromatic N) is 4. The number of carbonyl (C=O) groups is 1. The maximum Gasteiger partial charge on any atom is 0.233 e. The normalized spacial score (nSPS) is 20.7. The summed E-state index contributed by atoms with van der Waals surface area (Å²) in [5.41, 5.74) is 0.955. The third kappa shape index (κ3) is 4.36. The Kier molecular flexibility index (Phi) is 5.69. The van der Waals surface area contributed by atoms with E-state index in [2.05, 4.69) is 24.0 Å². The third-order valence-corrected chi connectivity index (χ3v) is 5.74. The molecule has 0 N–H and O–H groups in total. The molecule has 1 saturated heterocycles. The van der Waals surface area contributed by atoms with Crippen molar-refractivity contribution in [3.8, 4) is 11.4 Å². The first-order valence-electron chi connectivity index (χ1n) is 8.50. The molecule has 0 unspecified atom stereocenters. The van der Waals surface area contributed by atoms with Crippen LogP contribution in [-0.2, 0) is 11.8 Å². The van der Waals surface area contributed by atoms with Crippen LogP contribution in [0.1, 0.15) is 20.3 Å². The lowest BCUT2D eigenvalue weighted by molar-refractivity contribution is -0.130. The molecule has 0 bridgehead atoms. The summed E-state index contributed by atoms with van der Waals surface area (Å²) in [6.45, 7) is 6.14. The molecule has 25 heavy (non-hydrogen) atoms. The summed E-state index contributed by atoms with van der Waals surface area (Å²) in [4.78, 5) is 14.5. The van der Waals surface area contributed by atoms with Gasteiger partial charge in [-0.15, -0.1) is 10.2 Å². The molecule has 0 spiro atoms. The van der Waals surface area contributed by atoms with Crippen molar-refractivity contribution in [2.24, 2.45) is 18.9 Å². The Bertz CT molecular complexity index is 736. The third-order valence-electron chi connectivity index (χ3n) is 4.48. The molecule has 1 aromatic heterocycles. The van der Waals surface area contributed by atoms with Crippen molar-refractivity contribution in [1.82, 2.24) is 19.7 Å². The standard InChI is InChI=1S/C18H23ClN4OS/c1-12-8-13(2)10-23(9-12)16(24)11-25-18-21-20-17(22(18)3)14-4-6-15(19)7-5-14/h4-7,12-13H,8-11H2,1-3H3/t12-,13-/m1/s1. The first-order valence-corrected chi connectivity index (χ1v) is 9.86. The van der Waals surface area contributed by atoms with E-state index in [1.54, 1.807) is 0 Å². The lowest BCUT2D eigenvalue weighted by atomic mass is 9.92. The summed E-state index contributed by atoms with van der Waals surface area (Å²) < 4.78 is 1.92. The van der Waals surface area contributed by atoms with Gasteiger partial charge in [-0.25, -0.2) is 0 Å². The number of carbonyl (C=O) groups excluding carboxylic acids is 1. The van der Waals surface area contributed by atoms with Crippen LogP contribution in [0.5, 0.6) is 0 Å². The van der Waals surface area contributed by atoms with E-state index in [4.69, 9.17) is 11.6 Å². The maximum absolute atomic E-state index is 12.5. The molecule has 1 amide bonds. The van der Waals surface area contributed by atoms with Gasteiger partial charge in [0.1, 0.15) is 0 Å². The van der Waals surface area contributed by atoms with Gasteiger partial charge in [0.05, 0.1) is 5.75 Å². The Morgan fingerprint density at radius 2 is 1.84 bits per heavy atom. The van der Waals surface area contributed by atoms with Crippen molar-refractivity contribution in [1.29, 1.82) is 0 Å². The molecule has 5 nitrogen and oxygen atoms in total. The van der Waals surface area contributed by atoms with Crippen LogP contribution in [0.4, 0.5) is 0 Å². The van der Waals surface area contributed by atoms with Crippen molar-refractivity contribution in [2.75, 3.05) is 18.8 Å². The van der Waals surface area contributed by atoms with E-state index in [9.17, 15) is 4.79 Å². The molecule has 1 fully saturated rings. The number of benzene rings is 1. The first-order chi connectivity index (χ1) is 11.9. The van der Waals surface area contributed by atoms with Crippen molar-refractivity contribution < 1.29 is 4.79 Å². The highest BCUT2D eigenvalue weighted by molar-refractivity contribution is 7.99. The van der Waals surface area contributed by atoms with Crippen LogP contribution < -0.4 is 0 Å². The molecular formula is C18H23ClN4OS. The second kappa shape index (κ2) is 7.79. The zero-order valence-electron chi connectivity index (χ0n) is 14.8. The Morgan fingerprint density at radius 3 is 2.48 bits per heavy atom. The van der Waals surface area contributed by atoms with Crippen LogP contribution >= 0.6 is 23.4 Å². The fourth-order valence-electron chi connectivity index (χ4n) is 3.38. The summed E-state index contributed by atoms with van der Waals surface area (Å²) in [6, 6.07) is 7.51. The molecule has 1 aromatic carbocycles. The Morgan fingerprint density at radius 1 is 1.20 bits per heavy atom. The lowest BCUT2D eigenvalue weighted by Crippen LogP contribution is -2.43. The predicted octanol–water partition coefficient (Wildman–Crippen LogP) is 3.73. The smallest absolute Gasteiger partial charge is 0.233 e. The molecule has 1 aliphatic rings.